The van der Waals surface area contributed by atoms with Crippen molar-refractivity contribution in [2.75, 3.05) is 11.4 Å². The molecular formula is C18H19NO3. The van der Waals surface area contributed by atoms with Crippen LogP contribution in [-0.2, 0) is 9.59 Å². The third-order valence-electron chi connectivity index (χ3n) is 6.55. The van der Waals surface area contributed by atoms with Gasteiger partial charge in [-0.15, -0.1) is 0 Å². The summed E-state index contributed by atoms with van der Waals surface area (Å²) < 4.78 is 0. The van der Waals surface area contributed by atoms with Crippen molar-refractivity contribution in [1.82, 2.24) is 0 Å². The lowest BCUT2D eigenvalue weighted by molar-refractivity contribution is -0.138. The highest BCUT2D eigenvalue weighted by atomic mass is 16.4. The molecule has 1 aliphatic heterocycles. The summed E-state index contributed by atoms with van der Waals surface area (Å²) in [7, 11) is 0. The minimum absolute atomic E-state index is 0.173. The van der Waals surface area contributed by atoms with Crippen LogP contribution in [0.5, 0.6) is 0 Å². The number of aliphatic carboxylic acids is 1. The molecule has 0 saturated heterocycles. The fraction of sp³-hybridized carbons (Fsp3) is 0.556. The van der Waals surface area contributed by atoms with Gasteiger partial charge in [-0.2, -0.15) is 0 Å². The summed E-state index contributed by atoms with van der Waals surface area (Å²) in [5, 5.41) is 9.43. The molecular weight excluding hydrogens is 278 g/mol. The topological polar surface area (TPSA) is 57.6 Å². The van der Waals surface area contributed by atoms with E-state index in [0.717, 1.165) is 23.1 Å². The van der Waals surface area contributed by atoms with Gasteiger partial charge in [-0.3, -0.25) is 9.59 Å². The van der Waals surface area contributed by atoms with Crippen LogP contribution in [-0.4, -0.2) is 23.5 Å². The largest absolute Gasteiger partial charge is 0.481 e. The van der Waals surface area contributed by atoms with E-state index < -0.39 is 11.9 Å². The van der Waals surface area contributed by atoms with E-state index in [1.165, 1.54) is 19.3 Å². The third-order valence-corrected chi connectivity index (χ3v) is 6.55. The molecule has 0 aromatic heterocycles. The Hall–Kier alpha value is -1.84. The molecule has 4 aliphatic rings. The number of carboxylic acids is 1. The molecule has 1 amide bonds. The molecule has 1 aromatic carbocycles. The predicted octanol–water partition coefficient (Wildman–Crippen LogP) is 2.49. The fourth-order valence-electron chi connectivity index (χ4n) is 5.66. The number of benzene rings is 1. The molecule has 1 heterocycles. The molecule has 3 saturated carbocycles. The molecule has 1 aromatic rings. The number of carbonyl (C=O) groups excluding carboxylic acids is 1. The molecule has 4 nitrogen and oxygen atoms in total. The highest BCUT2D eigenvalue weighted by Gasteiger charge is 2.68. The maximum absolute atomic E-state index is 13.0. The predicted molar refractivity (Wildman–Crippen MR) is 80.5 cm³/mol. The first-order valence-electron chi connectivity index (χ1n) is 8.30. The van der Waals surface area contributed by atoms with E-state index in [4.69, 9.17) is 0 Å². The first kappa shape index (κ1) is 12.7. The van der Waals surface area contributed by atoms with Crippen LogP contribution >= 0.6 is 0 Å². The minimum Gasteiger partial charge on any atom is -0.481 e. The van der Waals surface area contributed by atoms with Crippen molar-refractivity contribution in [3.05, 3.63) is 29.8 Å². The highest BCUT2D eigenvalue weighted by Crippen LogP contribution is 2.69. The van der Waals surface area contributed by atoms with Gasteiger partial charge in [0.15, 0.2) is 0 Å². The Bertz CT molecular complexity index is 669. The molecule has 0 spiro atoms. The molecule has 22 heavy (non-hydrogen) atoms. The quantitative estimate of drug-likeness (QED) is 0.912. The van der Waals surface area contributed by atoms with E-state index in [-0.39, 0.29) is 11.8 Å². The number of rotatable bonds is 2. The zero-order chi connectivity index (χ0) is 15.0. The van der Waals surface area contributed by atoms with Crippen LogP contribution in [0, 0.1) is 29.6 Å². The van der Waals surface area contributed by atoms with Crippen molar-refractivity contribution in [1.29, 1.82) is 0 Å². The second kappa shape index (κ2) is 4.12. The van der Waals surface area contributed by atoms with E-state index in [0.29, 0.717) is 18.4 Å². The van der Waals surface area contributed by atoms with E-state index in [2.05, 4.69) is 0 Å². The lowest BCUT2D eigenvalue weighted by Gasteiger charge is -2.19. The molecule has 2 bridgehead atoms. The number of nitrogens with zero attached hydrogens (tertiary/aromatic N) is 1. The van der Waals surface area contributed by atoms with Gasteiger partial charge in [0, 0.05) is 18.2 Å². The molecule has 5 unspecified atom stereocenters. The van der Waals surface area contributed by atoms with Gasteiger partial charge in [-0.05, 0) is 54.6 Å². The number of fused-ring (bicyclic) bond motifs is 6. The Labute approximate surface area is 129 Å². The van der Waals surface area contributed by atoms with Gasteiger partial charge in [0.2, 0.25) is 5.91 Å². The third kappa shape index (κ3) is 1.48. The van der Waals surface area contributed by atoms with E-state index in [1.54, 1.807) is 4.90 Å². The number of anilines is 1. The first-order chi connectivity index (χ1) is 10.7. The molecule has 5 atom stereocenters. The molecule has 0 radical (unpaired) electrons. The first-order valence-corrected chi connectivity index (χ1v) is 8.30. The number of hydrogen-bond acceptors (Lipinski definition) is 2. The van der Waals surface area contributed by atoms with E-state index in [1.807, 2.05) is 24.3 Å². The van der Waals surface area contributed by atoms with Gasteiger partial charge in [0.1, 0.15) is 5.92 Å². The Morgan fingerprint density at radius 2 is 1.77 bits per heavy atom. The van der Waals surface area contributed by atoms with Crippen molar-refractivity contribution in [3.8, 4) is 0 Å². The van der Waals surface area contributed by atoms with Gasteiger partial charge >= 0.3 is 5.97 Å². The van der Waals surface area contributed by atoms with Crippen LogP contribution in [0.25, 0.3) is 0 Å². The maximum atomic E-state index is 13.0. The van der Waals surface area contributed by atoms with Crippen LogP contribution in [0.1, 0.15) is 30.7 Å². The average molecular weight is 297 g/mol. The van der Waals surface area contributed by atoms with Crippen LogP contribution in [0.4, 0.5) is 5.69 Å². The van der Waals surface area contributed by atoms with Gasteiger partial charge in [-0.25, -0.2) is 0 Å². The number of carbonyl (C=O) groups is 2. The standard InChI is InChI=1S/C18H19NO3/c20-17(16-14-9-5-6-10(7-9)15(14)16)19-8-12(18(21)22)11-3-1-2-4-13(11)19/h1-4,9-10,12,14-16H,5-8H2,(H,21,22). The summed E-state index contributed by atoms with van der Waals surface area (Å²) in [6, 6.07) is 7.48. The Kier molecular flexibility index (Phi) is 2.37. The molecule has 3 fully saturated rings. The van der Waals surface area contributed by atoms with E-state index >= 15 is 0 Å². The van der Waals surface area contributed by atoms with Crippen LogP contribution in [0.2, 0.25) is 0 Å². The Morgan fingerprint density at radius 3 is 2.45 bits per heavy atom. The lowest BCUT2D eigenvalue weighted by atomic mass is 10.0. The summed E-state index contributed by atoms with van der Waals surface area (Å²) in [6.45, 7) is 0.304. The van der Waals surface area contributed by atoms with Crippen molar-refractivity contribution in [2.45, 2.75) is 25.2 Å². The van der Waals surface area contributed by atoms with Crippen LogP contribution < -0.4 is 4.90 Å². The van der Waals surface area contributed by atoms with Crippen molar-refractivity contribution < 1.29 is 14.7 Å². The second-order valence-electron chi connectivity index (χ2n) is 7.41. The van der Waals surface area contributed by atoms with Crippen molar-refractivity contribution in [3.63, 3.8) is 0 Å². The Balaban J connectivity index is 1.45. The Morgan fingerprint density at radius 1 is 1.09 bits per heavy atom. The number of amides is 1. The molecule has 1 N–H and O–H groups in total. The smallest absolute Gasteiger partial charge is 0.312 e. The zero-order valence-electron chi connectivity index (χ0n) is 12.3. The summed E-state index contributed by atoms with van der Waals surface area (Å²) in [5.74, 6) is 1.67. The van der Waals surface area contributed by atoms with Gasteiger partial charge in [-0.1, -0.05) is 18.2 Å². The zero-order valence-corrected chi connectivity index (χ0v) is 12.3. The number of hydrogen-bond donors (Lipinski definition) is 1. The lowest BCUT2D eigenvalue weighted by Crippen LogP contribution is -2.34. The van der Waals surface area contributed by atoms with Crippen molar-refractivity contribution in [2.24, 2.45) is 29.6 Å². The molecule has 114 valence electrons. The summed E-state index contributed by atoms with van der Waals surface area (Å²) >= 11 is 0. The summed E-state index contributed by atoms with van der Waals surface area (Å²) in [4.78, 5) is 26.3. The maximum Gasteiger partial charge on any atom is 0.312 e. The van der Waals surface area contributed by atoms with Crippen LogP contribution in [0.3, 0.4) is 0 Å². The number of para-hydroxylation sites is 1. The van der Waals surface area contributed by atoms with E-state index in [9.17, 15) is 14.7 Å². The monoisotopic (exact) mass is 297 g/mol. The molecule has 5 rings (SSSR count). The van der Waals surface area contributed by atoms with Gasteiger partial charge < -0.3 is 10.0 Å². The van der Waals surface area contributed by atoms with Gasteiger partial charge in [0.05, 0.1) is 0 Å². The average Bonchev–Trinajstić information content (AvgIpc) is 2.87. The van der Waals surface area contributed by atoms with Crippen molar-refractivity contribution >= 4 is 17.6 Å². The minimum atomic E-state index is -0.834. The van der Waals surface area contributed by atoms with Crippen LogP contribution in [0.15, 0.2) is 24.3 Å². The fourth-order valence-corrected chi connectivity index (χ4v) is 5.66. The highest BCUT2D eigenvalue weighted by molar-refractivity contribution is 6.01. The summed E-state index contributed by atoms with van der Waals surface area (Å²) in [5.41, 5.74) is 1.61. The molecule has 3 aliphatic carbocycles. The summed E-state index contributed by atoms with van der Waals surface area (Å²) in [6.07, 6.45) is 3.92. The second-order valence-corrected chi connectivity index (χ2v) is 7.41. The van der Waals surface area contributed by atoms with Gasteiger partial charge in [0.25, 0.3) is 0 Å². The normalized spacial score (nSPS) is 40.5. The number of carboxylic acid groups (broad SMARTS) is 1. The molecule has 4 heteroatoms. The SMILES string of the molecule is O=C(O)C1CN(C(=O)C2C3C4CCC(C4)C23)c2ccccc21.